The van der Waals surface area contributed by atoms with Crippen molar-refractivity contribution in [1.82, 2.24) is 10.6 Å². The second-order valence-corrected chi connectivity index (χ2v) is 6.66. The van der Waals surface area contributed by atoms with Crippen LogP contribution >= 0.6 is 0 Å². The first kappa shape index (κ1) is 20.7. The molecule has 4 N–H and O–H groups in total. The van der Waals surface area contributed by atoms with E-state index in [2.05, 4.69) is 22.9 Å². The Morgan fingerprint density at radius 2 is 1.93 bits per heavy atom. The summed E-state index contributed by atoms with van der Waals surface area (Å²) in [5.74, 6) is -1.00. The third-order valence-electron chi connectivity index (χ3n) is 4.59. The van der Waals surface area contributed by atoms with E-state index in [4.69, 9.17) is 9.84 Å². The van der Waals surface area contributed by atoms with Crippen molar-refractivity contribution in [3.05, 3.63) is 29.8 Å². The Kier molecular flexibility index (Phi) is 8.06. The number of imide groups is 1. The third kappa shape index (κ3) is 6.56. The number of hydrogen-bond donors (Lipinski definition) is 4. The van der Waals surface area contributed by atoms with Gasteiger partial charge in [0.15, 0.2) is 6.61 Å². The first-order chi connectivity index (χ1) is 13.0. The SMILES string of the molecule is C[C@H]1CCCC[C@H]1NC(=O)NC(=O)COC(=O)c1ccccc1NCCO. The molecule has 1 fully saturated rings. The molecule has 2 rings (SSSR count). The van der Waals surface area contributed by atoms with Crippen LogP contribution in [0.4, 0.5) is 10.5 Å². The van der Waals surface area contributed by atoms with Gasteiger partial charge in [-0.1, -0.05) is 31.9 Å². The summed E-state index contributed by atoms with van der Waals surface area (Å²) >= 11 is 0. The van der Waals surface area contributed by atoms with Gasteiger partial charge in [-0.15, -0.1) is 0 Å². The second kappa shape index (κ2) is 10.5. The Morgan fingerprint density at radius 1 is 1.19 bits per heavy atom. The molecule has 0 heterocycles. The lowest BCUT2D eigenvalue weighted by Gasteiger charge is -2.29. The highest BCUT2D eigenvalue weighted by molar-refractivity contribution is 5.99. The van der Waals surface area contributed by atoms with E-state index in [9.17, 15) is 14.4 Å². The highest BCUT2D eigenvalue weighted by Crippen LogP contribution is 2.23. The van der Waals surface area contributed by atoms with Crippen LogP contribution in [-0.4, -0.2) is 48.8 Å². The fourth-order valence-corrected chi connectivity index (χ4v) is 3.11. The maximum atomic E-state index is 12.2. The van der Waals surface area contributed by atoms with Crippen LogP contribution in [0, 0.1) is 5.92 Å². The van der Waals surface area contributed by atoms with Gasteiger partial charge in [-0.3, -0.25) is 10.1 Å². The van der Waals surface area contributed by atoms with Crippen LogP contribution in [-0.2, 0) is 9.53 Å². The van der Waals surface area contributed by atoms with E-state index < -0.39 is 24.5 Å². The number of benzene rings is 1. The summed E-state index contributed by atoms with van der Waals surface area (Å²) in [5.41, 5.74) is 0.750. The van der Waals surface area contributed by atoms with Gasteiger partial charge in [0.1, 0.15) is 0 Å². The molecule has 27 heavy (non-hydrogen) atoms. The minimum atomic E-state index is -0.690. The van der Waals surface area contributed by atoms with E-state index in [1.807, 2.05) is 0 Å². The normalized spacial score (nSPS) is 19.0. The van der Waals surface area contributed by atoms with Crippen LogP contribution in [0.1, 0.15) is 43.0 Å². The molecule has 148 valence electrons. The van der Waals surface area contributed by atoms with Gasteiger partial charge >= 0.3 is 12.0 Å². The number of hydrogen-bond acceptors (Lipinski definition) is 6. The molecule has 0 aromatic heterocycles. The number of urea groups is 1. The Bertz CT molecular complexity index is 665. The van der Waals surface area contributed by atoms with Crippen molar-refractivity contribution in [1.29, 1.82) is 0 Å². The molecular formula is C19H27N3O5. The first-order valence-electron chi connectivity index (χ1n) is 9.22. The summed E-state index contributed by atoms with van der Waals surface area (Å²) in [6.45, 7) is 1.72. The van der Waals surface area contributed by atoms with E-state index in [-0.39, 0.29) is 24.8 Å². The van der Waals surface area contributed by atoms with Crippen LogP contribution in [0.15, 0.2) is 24.3 Å². The van der Waals surface area contributed by atoms with E-state index >= 15 is 0 Å². The molecule has 0 aliphatic heterocycles. The maximum Gasteiger partial charge on any atom is 0.340 e. The van der Waals surface area contributed by atoms with Crippen molar-refractivity contribution in [2.45, 2.75) is 38.6 Å². The van der Waals surface area contributed by atoms with E-state index in [0.717, 1.165) is 25.7 Å². The van der Waals surface area contributed by atoms with Crippen LogP contribution in [0.2, 0.25) is 0 Å². The standard InChI is InChI=1S/C19H27N3O5/c1-13-6-2-4-8-15(13)21-19(26)22-17(24)12-27-18(25)14-7-3-5-9-16(14)20-10-11-23/h3,5,7,9,13,15,20,23H,2,4,6,8,10-12H2,1H3,(H2,21,22,24,26)/t13-,15+/m0/s1. The number of amides is 3. The molecule has 0 spiro atoms. The Balaban J connectivity index is 1.79. The number of anilines is 1. The van der Waals surface area contributed by atoms with E-state index in [1.54, 1.807) is 24.3 Å². The van der Waals surface area contributed by atoms with E-state index in [0.29, 0.717) is 11.6 Å². The van der Waals surface area contributed by atoms with Gasteiger partial charge in [-0.25, -0.2) is 9.59 Å². The zero-order chi connectivity index (χ0) is 19.6. The van der Waals surface area contributed by atoms with Gasteiger partial charge in [-0.2, -0.15) is 0 Å². The number of aliphatic hydroxyl groups is 1. The maximum absolute atomic E-state index is 12.2. The number of esters is 1. The minimum Gasteiger partial charge on any atom is -0.452 e. The lowest BCUT2D eigenvalue weighted by atomic mass is 9.86. The third-order valence-corrected chi connectivity index (χ3v) is 4.59. The molecule has 1 aliphatic carbocycles. The number of carbonyl (C=O) groups is 3. The van der Waals surface area contributed by atoms with Crippen molar-refractivity contribution in [3.63, 3.8) is 0 Å². The molecule has 1 aliphatic rings. The van der Waals surface area contributed by atoms with Crippen molar-refractivity contribution in [2.75, 3.05) is 25.1 Å². The molecule has 8 heteroatoms. The molecule has 1 aromatic rings. The average Bonchev–Trinajstić information content (AvgIpc) is 2.66. The number of para-hydroxylation sites is 1. The summed E-state index contributed by atoms with van der Waals surface area (Å²) in [7, 11) is 0. The predicted octanol–water partition coefficient (Wildman–Crippen LogP) is 1.65. The summed E-state index contributed by atoms with van der Waals surface area (Å²) in [5, 5.41) is 16.8. The van der Waals surface area contributed by atoms with E-state index in [1.165, 1.54) is 0 Å². The number of ether oxygens (including phenoxy) is 1. The van der Waals surface area contributed by atoms with Crippen LogP contribution < -0.4 is 16.0 Å². The van der Waals surface area contributed by atoms with Gasteiger partial charge < -0.3 is 20.5 Å². The number of nitrogens with one attached hydrogen (secondary N) is 3. The van der Waals surface area contributed by atoms with Gasteiger partial charge in [0.2, 0.25) is 0 Å². The number of rotatable bonds is 7. The van der Waals surface area contributed by atoms with Gasteiger partial charge in [0.05, 0.1) is 12.2 Å². The average molecular weight is 377 g/mol. The van der Waals surface area contributed by atoms with Crippen molar-refractivity contribution < 1.29 is 24.2 Å². The molecule has 0 saturated heterocycles. The van der Waals surface area contributed by atoms with Gasteiger partial charge in [0, 0.05) is 18.3 Å². The van der Waals surface area contributed by atoms with Crippen LogP contribution in [0.25, 0.3) is 0 Å². The van der Waals surface area contributed by atoms with Crippen LogP contribution in [0.3, 0.4) is 0 Å². The molecule has 8 nitrogen and oxygen atoms in total. The fraction of sp³-hybridized carbons (Fsp3) is 0.526. The molecule has 2 atom stereocenters. The summed E-state index contributed by atoms with van der Waals surface area (Å²) in [6.07, 6.45) is 4.17. The zero-order valence-corrected chi connectivity index (χ0v) is 15.5. The number of carbonyl (C=O) groups excluding carboxylic acids is 3. The van der Waals surface area contributed by atoms with Crippen molar-refractivity contribution in [3.8, 4) is 0 Å². The minimum absolute atomic E-state index is 0.0542. The molecular weight excluding hydrogens is 350 g/mol. The Morgan fingerprint density at radius 3 is 2.67 bits per heavy atom. The van der Waals surface area contributed by atoms with Crippen LogP contribution in [0.5, 0.6) is 0 Å². The first-order valence-corrected chi connectivity index (χ1v) is 9.22. The second-order valence-electron chi connectivity index (χ2n) is 6.66. The van der Waals surface area contributed by atoms with Gasteiger partial charge in [0.25, 0.3) is 5.91 Å². The largest absolute Gasteiger partial charge is 0.452 e. The summed E-state index contributed by atoms with van der Waals surface area (Å²) in [4.78, 5) is 36.0. The summed E-state index contributed by atoms with van der Waals surface area (Å²) in [6, 6.07) is 6.11. The molecule has 0 unspecified atom stereocenters. The van der Waals surface area contributed by atoms with Gasteiger partial charge in [-0.05, 0) is 30.9 Å². The molecule has 0 bridgehead atoms. The molecule has 1 aromatic carbocycles. The lowest BCUT2D eigenvalue weighted by Crippen LogP contribution is -2.48. The Labute approximate surface area is 158 Å². The highest BCUT2D eigenvalue weighted by atomic mass is 16.5. The highest BCUT2D eigenvalue weighted by Gasteiger charge is 2.23. The smallest absolute Gasteiger partial charge is 0.340 e. The molecule has 3 amide bonds. The fourth-order valence-electron chi connectivity index (χ4n) is 3.11. The lowest BCUT2D eigenvalue weighted by molar-refractivity contribution is -0.123. The zero-order valence-electron chi connectivity index (χ0n) is 15.5. The Hall–Kier alpha value is -2.61. The topological polar surface area (TPSA) is 117 Å². The monoisotopic (exact) mass is 377 g/mol. The van der Waals surface area contributed by atoms with Crippen molar-refractivity contribution in [2.24, 2.45) is 5.92 Å². The molecule has 1 saturated carbocycles. The van der Waals surface area contributed by atoms with Crippen molar-refractivity contribution >= 4 is 23.6 Å². The number of aliphatic hydroxyl groups excluding tert-OH is 1. The predicted molar refractivity (Wildman–Crippen MR) is 100 cm³/mol. The quantitative estimate of drug-likeness (QED) is 0.537. The molecule has 0 radical (unpaired) electrons. The summed E-state index contributed by atoms with van der Waals surface area (Å²) < 4.78 is 4.99.